The molecule has 0 amide bonds. The Kier molecular flexibility index (Phi) is 5.14. The molecule has 8 aromatic carbocycles. The van der Waals surface area contributed by atoms with Gasteiger partial charge in [0.2, 0.25) is 0 Å². The van der Waals surface area contributed by atoms with Crippen molar-refractivity contribution in [2.75, 3.05) is 0 Å². The topological polar surface area (TPSA) is 18.1 Å². The molecule has 0 fully saturated rings. The first-order valence-corrected chi connectivity index (χ1v) is 16.5. The molecule has 0 N–H and O–H groups in total. The Morgan fingerprint density at radius 3 is 1.81 bits per heavy atom. The van der Waals surface area contributed by atoms with E-state index in [0.717, 1.165) is 27.6 Å². The standard InChI is InChI=1S/C46H27NO/c1-2-11-32(12-3-1)47-41-17-5-4-13-37(41)46-33(14-8-18-42(46)47)31-21-24-44-40(27-31)39-26-30(20-23-43(39)48-44)29-19-22-34-35-15-6-9-28-10-7-16-36(45(28)35)38(34)25-29/h1-27H. The van der Waals surface area contributed by atoms with E-state index in [1.165, 1.54) is 77.1 Å². The highest BCUT2D eigenvalue weighted by atomic mass is 16.3. The van der Waals surface area contributed by atoms with Gasteiger partial charge in [0, 0.05) is 27.2 Å². The molecule has 0 saturated heterocycles. The molecule has 2 heteroatoms. The van der Waals surface area contributed by atoms with Crippen molar-refractivity contribution >= 4 is 54.5 Å². The van der Waals surface area contributed by atoms with Gasteiger partial charge in [0.1, 0.15) is 11.2 Å². The Hall–Kier alpha value is -6.38. The van der Waals surface area contributed by atoms with Crippen LogP contribution in [0.4, 0.5) is 0 Å². The molecule has 0 spiro atoms. The smallest absolute Gasteiger partial charge is 0.135 e. The van der Waals surface area contributed by atoms with Gasteiger partial charge in [0.15, 0.2) is 0 Å². The molecule has 11 rings (SSSR count). The Bertz CT molecular complexity index is 2940. The molecule has 1 aliphatic carbocycles. The number of hydrogen-bond donors (Lipinski definition) is 0. The molecule has 0 atom stereocenters. The van der Waals surface area contributed by atoms with Gasteiger partial charge in [-0.1, -0.05) is 109 Å². The second-order valence-electron chi connectivity index (χ2n) is 12.9. The van der Waals surface area contributed by atoms with Crippen LogP contribution in [0.15, 0.2) is 168 Å². The summed E-state index contributed by atoms with van der Waals surface area (Å²) in [6, 6.07) is 59.5. The van der Waals surface area contributed by atoms with Gasteiger partial charge in [-0.05, 0) is 110 Å². The summed E-state index contributed by atoms with van der Waals surface area (Å²) in [4.78, 5) is 0. The molecular weight excluding hydrogens is 583 g/mol. The minimum Gasteiger partial charge on any atom is -0.456 e. The highest BCUT2D eigenvalue weighted by Crippen LogP contribution is 2.48. The average molecular weight is 610 g/mol. The number of nitrogens with zero attached hydrogens (tertiary/aromatic N) is 1. The average Bonchev–Trinajstić information content (AvgIpc) is 3.80. The quantitative estimate of drug-likeness (QED) is 0.195. The van der Waals surface area contributed by atoms with Gasteiger partial charge in [0.25, 0.3) is 0 Å². The van der Waals surface area contributed by atoms with Crippen molar-refractivity contribution in [1.82, 2.24) is 4.57 Å². The van der Waals surface area contributed by atoms with Crippen LogP contribution in [-0.4, -0.2) is 4.57 Å². The van der Waals surface area contributed by atoms with Crippen LogP contribution in [-0.2, 0) is 0 Å². The number of rotatable bonds is 3. The summed E-state index contributed by atoms with van der Waals surface area (Å²) in [6.07, 6.45) is 0. The van der Waals surface area contributed by atoms with E-state index in [2.05, 4.69) is 168 Å². The van der Waals surface area contributed by atoms with Crippen molar-refractivity contribution in [3.63, 3.8) is 0 Å². The van der Waals surface area contributed by atoms with E-state index in [9.17, 15) is 0 Å². The Morgan fingerprint density at radius 2 is 0.979 bits per heavy atom. The molecule has 0 bridgehead atoms. The number of hydrogen-bond acceptors (Lipinski definition) is 1. The number of benzene rings is 8. The Morgan fingerprint density at radius 1 is 0.354 bits per heavy atom. The maximum absolute atomic E-state index is 6.40. The van der Waals surface area contributed by atoms with Crippen LogP contribution in [0.25, 0.3) is 105 Å². The Labute approximate surface area is 276 Å². The lowest BCUT2D eigenvalue weighted by Gasteiger charge is -2.09. The number of aromatic nitrogens is 1. The Balaban J connectivity index is 1.08. The van der Waals surface area contributed by atoms with Crippen molar-refractivity contribution in [2.24, 2.45) is 0 Å². The van der Waals surface area contributed by atoms with Crippen LogP contribution >= 0.6 is 0 Å². The van der Waals surface area contributed by atoms with Gasteiger partial charge in [-0.3, -0.25) is 0 Å². The van der Waals surface area contributed by atoms with Crippen LogP contribution in [0.3, 0.4) is 0 Å². The fourth-order valence-corrected chi connectivity index (χ4v) is 8.21. The first-order valence-electron chi connectivity index (χ1n) is 16.5. The van der Waals surface area contributed by atoms with E-state index in [-0.39, 0.29) is 0 Å². The van der Waals surface area contributed by atoms with Crippen LogP contribution in [0.2, 0.25) is 0 Å². The molecule has 2 heterocycles. The second kappa shape index (κ2) is 9.57. The molecule has 0 unspecified atom stereocenters. The van der Waals surface area contributed by atoms with Crippen molar-refractivity contribution in [1.29, 1.82) is 0 Å². The third-order valence-corrected chi connectivity index (χ3v) is 10.3. The van der Waals surface area contributed by atoms with Gasteiger partial charge >= 0.3 is 0 Å². The van der Waals surface area contributed by atoms with Crippen molar-refractivity contribution in [2.45, 2.75) is 0 Å². The molecule has 0 saturated carbocycles. The molecular formula is C46H27NO. The fourth-order valence-electron chi connectivity index (χ4n) is 8.21. The second-order valence-corrected chi connectivity index (χ2v) is 12.9. The molecule has 2 aromatic heterocycles. The molecule has 222 valence electrons. The van der Waals surface area contributed by atoms with Gasteiger partial charge in [-0.2, -0.15) is 0 Å². The summed E-state index contributed by atoms with van der Waals surface area (Å²) in [5.74, 6) is 0. The molecule has 0 aliphatic heterocycles. The zero-order valence-corrected chi connectivity index (χ0v) is 25.9. The molecule has 0 radical (unpaired) electrons. The van der Waals surface area contributed by atoms with E-state index < -0.39 is 0 Å². The first-order chi connectivity index (χ1) is 23.8. The van der Waals surface area contributed by atoms with Gasteiger partial charge in [0.05, 0.1) is 11.0 Å². The fraction of sp³-hybridized carbons (Fsp3) is 0. The highest BCUT2D eigenvalue weighted by Gasteiger charge is 2.22. The summed E-state index contributed by atoms with van der Waals surface area (Å²) >= 11 is 0. The largest absolute Gasteiger partial charge is 0.456 e. The summed E-state index contributed by atoms with van der Waals surface area (Å²) in [7, 11) is 0. The van der Waals surface area contributed by atoms with Crippen LogP contribution in [0, 0.1) is 0 Å². The zero-order chi connectivity index (χ0) is 31.3. The lowest BCUT2D eigenvalue weighted by Crippen LogP contribution is -1.92. The first kappa shape index (κ1) is 25.8. The van der Waals surface area contributed by atoms with Crippen molar-refractivity contribution in [3.8, 4) is 50.2 Å². The summed E-state index contributed by atoms with van der Waals surface area (Å²) < 4.78 is 8.78. The normalized spacial score (nSPS) is 12.2. The van der Waals surface area contributed by atoms with Gasteiger partial charge in [-0.15, -0.1) is 0 Å². The third-order valence-electron chi connectivity index (χ3n) is 10.3. The molecule has 2 nitrogen and oxygen atoms in total. The predicted octanol–water partition coefficient (Wildman–Crippen LogP) is 12.8. The summed E-state index contributed by atoms with van der Waals surface area (Å²) in [5.41, 5.74) is 15.5. The lowest BCUT2D eigenvalue weighted by atomic mass is 9.95. The van der Waals surface area contributed by atoms with E-state index in [1.54, 1.807) is 0 Å². The number of para-hydroxylation sites is 2. The molecule has 10 aromatic rings. The van der Waals surface area contributed by atoms with Gasteiger partial charge < -0.3 is 8.98 Å². The lowest BCUT2D eigenvalue weighted by molar-refractivity contribution is 0.669. The van der Waals surface area contributed by atoms with Crippen molar-refractivity contribution in [3.05, 3.63) is 164 Å². The van der Waals surface area contributed by atoms with E-state index in [1.807, 2.05) is 0 Å². The predicted molar refractivity (Wildman–Crippen MR) is 201 cm³/mol. The van der Waals surface area contributed by atoms with E-state index in [4.69, 9.17) is 4.42 Å². The minimum absolute atomic E-state index is 0.904. The van der Waals surface area contributed by atoms with E-state index >= 15 is 0 Å². The zero-order valence-electron chi connectivity index (χ0n) is 25.9. The number of fused-ring (bicyclic) bond motifs is 9. The summed E-state index contributed by atoms with van der Waals surface area (Å²) in [6.45, 7) is 0. The highest BCUT2D eigenvalue weighted by molar-refractivity contribution is 6.18. The monoisotopic (exact) mass is 609 g/mol. The maximum Gasteiger partial charge on any atom is 0.135 e. The SMILES string of the molecule is c1ccc(-n2c3ccccc3c3c(-c4ccc5oc6ccc(-c7ccc8c(c7)-c7cccc9cccc-8c79)cc6c5c4)cccc32)cc1. The third kappa shape index (κ3) is 3.52. The van der Waals surface area contributed by atoms with Gasteiger partial charge in [-0.25, -0.2) is 0 Å². The maximum atomic E-state index is 6.40. The van der Waals surface area contributed by atoms with Crippen LogP contribution in [0.1, 0.15) is 0 Å². The molecule has 1 aliphatic rings. The van der Waals surface area contributed by atoms with Crippen molar-refractivity contribution < 1.29 is 4.42 Å². The van der Waals surface area contributed by atoms with Crippen LogP contribution < -0.4 is 0 Å². The van der Waals surface area contributed by atoms with E-state index in [0.29, 0.717) is 0 Å². The van der Waals surface area contributed by atoms with Crippen LogP contribution in [0.5, 0.6) is 0 Å². The number of furan rings is 1. The minimum atomic E-state index is 0.904. The molecule has 48 heavy (non-hydrogen) atoms. The summed E-state index contributed by atoms with van der Waals surface area (Å²) in [5, 5.41) is 7.43.